The molecule has 9 nitrogen and oxygen atoms in total. The largest absolute Gasteiger partial charge is 0.454 e. The van der Waals surface area contributed by atoms with Gasteiger partial charge < -0.3 is 19.3 Å². The van der Waals surface area contributed by atoms with Crippen LogP contribution in [-0.2, 0) is 19.6 Å². The van der Waals surface area contributed by atoms with Crippen LogP contribution in [0.2, 0.25) is 0 Å². The van der Waals surface area contributed by atoms with Crippen molar-refractivity contribution < 1.29 is 27.5 Å². The third-order valence-electron chi connectivity index (χ3n) is 4.39. The van der Waals surface area contributed by atoms with Crippen molar-refractivity contribution in [1.82, 2.24) is 9.80 Å². The van der Waals surface area contributed by atoms with Gasteiger partial charge >= 0.3 is 0 Å². The number of rotatable bonds is 6. The number of nitrogens with zero attached hydrogens (tertiary/aromatic N) is 3. The number of carbonyl (C=O) groups is 2. The normalized spacial score (nSPS) is 16.5. The van der Waals surface area contributed by atoms with Crippen molar-refractivity contribution in [1.29, 1.82) is 0 Å². The summed E-state index contributed by atoms with van der Waals surface area (Å²) in [5.74, 6) is 0.906. The Kier molecular flexibility index (Phi) is 5.21. The van der Waals surface area contributed by atoms with Crippen LogP contribution >= 0.6 is 0 Å². The fourth-order valence-corrected chi connectivity index (χ4v) is 3.88. The molecule has 0 bridgehead atoms. The van der Waals surface area contributed by atoms with Crippen LogP contribution in [0.15, 0.2) is 18.2 Å². The van der Waals surface area contributed by atoms with Crippen molar-refractivity contribution in [3.8, 4) is 11.5 Å². The van der Waals surface area contributed by atoms with Gasteiger partial charge in [-0.1, -0.05) is 0 Å². The minimum atomic E-state index is -3.56. The number of sulfonamides is 1. The third kappa shape index (κ3) is 4.01. The van der Waals surface area contributed by atoms with Crippen molar-refractivity contribution in [3.05, 3.63) is 18.2 Å². The summed E-state index contributed by atoms with van der Waals surface area (Å²) in [6.07, 6.45) is 1.93. The lowest BCUT2D eigenvalue weighted by Crippen LogP contribution is -2.48. The van der Waals surface area contributed by atoms with Crippen LogP contribution < -0.4 is 13.8 Å². The van der Waals surface area contributed by atoms with Crippen molar-refractivity contribution in [2.45, 2.75) is 6.42 Å². The van der Waals surface area contributed by atoms with E-state index < -0.39 is 10.0 Å². The molecule has 0 saturated carbocycles. The molecule has 2 heterocycles. The van der Waals surface area contributed by atoms with Gasteiger partial charge in [0.05, 0.1) is 11.9 Å². The zero-order valence-electron chi connectivity index (χ0n) is 14.5. The summed E-state index contributed by atoms with van der Waals surface area (Å²) in [6, 6.07) is 4.87. The summed E-state index contributed by atoms with van der Waals surface area (Å²) in [7, 11) is -3.56. The SMILES string of the molecule is CS(=O)(=O)N(CCC(=O)N1CCN(C=O)CC1)c1ccc2c(c1)OCO2. The number of anilines is 1. The van der Waals surface area contributed by atoms with Gasteiger partial charge in [-0.15, -0.1) is 0 Å². The smallest absolute Gasteiger partial charge is 0.232 e. The molecule has 0 atom stereocenters. The Hall–Kier alpha value is -2.49. The first-order valence-electron chi connectivity index (χ1n) is 8.23. The van der Waals surface area contributed by atoms with E-state index in [2.05, 4.69) is 0 Å². The lowest BCUT2D eigenvalue weighted by atomic mass is 10.2. The van der Waals surface area contributed by atoms with Crippen molar-refractivity contribution >= 4 is 28.0 Å². The van der Waals surface area contributed by atoms with E-state index in [1.54, 1.807) is 28.0 Å². The van der Waals surface area contributed by atoms with Crippen LogP contribution in [0.4, 0.5) is 5.69 Å². The Balaban J connectivity index is 1.66. The molecule has 0 aromatic heterocycles. The highest BCUT2D eigenvalue weighted by atomic mass is 32.2. The maximum absolute atomic E-state index is 12.4. The summed E-state index contributed by atoms with van der Waals surface area (Å²) in [6.45, 7) is 2.04. The highest BCUT2D eigenvalue weighted by molar-refractivity contribution is 7.92. The lowest BCUT2D eigenvalue weighted by molar-refractivity contribution is -0.134. The standard InChI is InChI=1S/C16H21N3O6S/c1-26(22,23)19(13-2-3-14-15(10-13)25-12-24-14)5-4-16(21)18-8-6-17(11-20)7-9-18/h2-3,10-11H,4-9,12H2,1H3. The number of piperazine rings is 1. The van der Waals surface area contributed by atoms with Gasteiger partial charge in [0.25, 0.3) is 0 Å². The second-order valence-corrected chi connectivity index (χ2v) is 8.05. The Bertz CT molecular complexity index is 789. The average Bonchev–Trinajstić information content (AvgIpc) is 3.08. The molecule has 1 aromatic carbocycles. The summed E-state index contributed by atoms with van der Waals surface area (Å²) < 4.78 is 36.1. The summed E-state index contributed by atoms with van der Waals surface area (Å²) in [5.41, 5.74) is 0.426. The van der Waals surface area contributed by atoms with Gasteiger partial charge in [-0.3, -0.25) is 13.9 Å². The number of hydrogen-bond donors (Lipinski definition) is 0. The number of benzene rings is 1. The maximum Gasteiger partial charge on any atom is 0.232 e. The molecule has 0 aliphatic carbocycles. The van der Waals surface area contributed by atoms with Gasteiger partial charge in [0, 0.05) is 45.2 Å². The van der Waals surface area contributed by atoms with E-state index >= 15 is 0 Å². The molecule has 1 aromatic rings. The fourth-order valence-electron chi connectivity index (χ4n) is 2.96. The zero-order valence-corrected chi connectivity index (χ0v) is 15.3. The van der Waals surface area contributed by atoms with E-state index in [1.807, 2.05) is 0 Å². The van der Waals surface area contributed by atoms with E-state index in [-0.39, 0.29) is 25.7 Å². The molecular formula is C16H21N3O6S. The number of hydrogen-bond acceptors (Lipinski definition) is 6. The number of ether oxygens (including phenoxy) is 2. The topological polar surface area (TPSA) is 96.5 Å². The molecule has 26 heavy (non-hydrogen) atoms. The summed E-state index contributed by atoms with van der Waals surface area (Å²) >= 11 is 0. The molecule has 0 N–H and O–H groups in total. The van der Waals surface area contributed by atoms with Crippen molar-refractivity contribution in [2.75, 3.05) is 50.1 Å². The molecule has 0 spiro atoms. The maximum atomic E-state index is 12.4. The van der Waals surface area contributed by atoms with Crippen molar-refractivity contribution in [2.24, 2.45) is 0 Å². The molecule has 2 amide bonds. The minimum absolute atomic E-state index is 0.0329. The summed E-state index contributed by atoms with van der Waals surface area (Å²) in [5, 5.41) is 0. The minimum Gasteiger partial charge on any atom is -0.454 e. The quantitative estimate of drug-likeness (QED) is 0.635. The molecule has 10 heteroatoms. The van der Waals surface area contributed by atoms with Gasteiger partial charge in [0.1, 0.15) is 0 Å². The Morgan fingerprint density at radius 1 is 1.19 bits per heavy atom. The van der Waals surface area contributed by atoms with Crippen molar-refractivity contribution in [3.63, 3.8) is 0 Å². The molecule has 142 valence electrons. The van der Waals surface area contributed by atoms with Gasteiger partial charge in [-0.05, 0) is 12.1 Å². The number of fused-ring (bicyclic) bond motifs is 1. The number of carbonyl (C=O) groups excluding carboxylic acids is 2. The van der Waals surface area contributed by atoms with Crippen LogP contribution in [0.1, 0.15) is 6.42 Å². The monoisotopic (exact) mass is 383 g/mol. The van der Waals surface area contributed by atoms with Gasteiger partial charge in [-0.2, -0.15) is 0 Å². The predicted octanol–water partition coefficient (Wildman–Crippen LogP) is -0.128. The van der Waals surface area contributed by atoms with Crippen LogP contribution in [-0.4, -0.2) is 76.3 Å². The summed E-state index contributed by atoms with van der Waals surface area (Å²) in [4.78, 5) is 26.4. The second-order valence-electron chi connectivity index (χ2n) is 6.14. The zero-order chi connectivity index (χ0) is 18.7. The van der Waals surface area contributed by atoms with E-state index in [0.29, 0.717) is 43.4 Å². The van der Waals surface area contributed by atoms with E-state index in [9.17, 15) is 18.0 Å². The predicted molar refractivity (Wildman–Crippen MR) is 93.6 cm³/mol. The van der Waals surface area contributed by atoms with Crippen LogP contribution in [0.3, 0.4) is 0 Å². The van der Waals surface area contributed by atoms with Crippen LogP contribution in [0, 0.1) is 0 Å². The molecule has 1 fully saturated rings. The average molecular weight is 383 g/mol. The highest BCUT2D eigenvalue weighted by Crippen LogP contribution is 2.36. The molecule has 2 aliphatic rings. The lowest BCUT2D eigenvalue weighted by Gasteiger charge is -2.33. The fraction of sp³-hybridized carbons (Fsp3) is 0.500. The highest BCUT2D eigenvalue weighted by Gasteiger charge is 2.25. The van der Waals surface area contributed by atoms with E-state index in [0.717, 1.165) is 12.7 Å². The Morgan fingerprint density at radius 2 is 1.88 bits per heavy atom. The Morgan fingerprint density at radius 3 is 2.54 bits per heavy atom. The van der Waals surface area contributed by atoms with Crippen LogP contribution in [0.5, 0.6) is 11.5 Å². The first kappa shape index (κ1) is 18.3. The van der Waals surface area contributed by atoms with E-state index in [4.69, 9.17) is 9.47 Å². The van der Waals surface area contributed by atoms with Gasteiger partial charge in [0.15, 0.2) is 11.5 Å². The second kappa shape index (κ2) is 7.40. The molecule has 1 saturated heterocycles. The Labute approximate surface area is 152 Å². The molecule has 2 aliphatic heterocycles. The molecule has 0 radical (unpaired) electrons. The van der Waals surface area contributed by atoms with Crippen LogP contribution in [0.25, 0.3) is 0 Å². The number of amides is 2. The first-order chi connectivity index (χ1) is 12.4. The molecular weight excluding hydrogens is 362 g/mol. The third-order valence-corrected chi connectivity index (χ3v) is 5.58. The first-order valence-corrected chi connectivity index (χ1v) is 10.1. The van der Waals surface area contributed by atoms with Gasteiger partial charge in [-0.25, -0.2) is 8.42 Å². The molecule has 3 rings (SSSR count). The van der Waals surface area contributed by atoms with Gasteiger partial charge in [0.2, 0.25) is 29.1 Å². The van der Waals surface area contributed by atoms with E-state index in [1.165, 1.54) is 4.31 Å². The molecule has 0 unspecified atom stereocenters.